The van der Waals surface area contributed by atoms with Crippen molar-refractivity contribution in [3.05, 3.63) is 36.0 Å². The number of carbonyl (C=O) groups is 5. The molecule has 16 atom stereocenters. The second-order valence-electron chi connectivity index (χ2n) is 20.0. The molecule has 4 aliphatic rings. The van der Waals surface area contributed by atoms with Crippen LogP contribution >= 0.6 is 0 Å². The molecule has 0 radical (unpaired) electrons. The molecule has 3 N–H and O–H groups in total. The number of fused-ring (bicyclic) bond motifs is 3. The third kappa shape index (κ3) is 14.4. The van der Waals surface area contributed by atoms with Crippen molar-refractivity contribution in [2.45, 2.75) is 186 Å². The van der Waals surface area contributed by atoms with E-state index in [0.717, 1.165) is 6.42 Å². The smallest absolute Gasteiger partial charge is 0.329 e. The van der Waals surface area contributed by atoms with Gasteiger partial charge in [0.25, 0.3) is 11.7 Å². The molecule has 2 saturated heterocycles. The van der Waals surface area contributed by atoms with Gasteiger partial charge in [-0.25, -0.2) is 4.79 Å². The van der Waals surface area contributed by atoms with E-state index in [-0.39, 0.29) is 66.8 Å². The fourth-order valence-electron chi connectivity index (χ4n) is 10.4. The number of methoxy groups -OCH3 is 3. The molecule has 65 heavy (non-hydrogen) atoms. The molecule has 0 aromatic carbocycles. The van der Waals surface area contributed by atoms with E-state index in [2.05, 4.69) is 6.92 Å². The van der Waals surface area contributed by atoms with Gasteiger partial charge in [0.1, 0.15) is 30.1 Å². The quantitative estimate of drug-likeness (QED) is 0.154. The number of nitrogens with zero attached hydrogens (tertiary/aromatic N) is 1. The molecule has 368 valence electrons. The Morgan fingerprint density at radius 2 is 1.57 bits per heavy atom. The lowest BCUT2D eigenvalue weighted by Gasteiger charge is -2.43. The highest BCUT2D eigenvalue weighted by molar-refractivity contribution is 6.39. The minimum Gasteiger partial charge on any atom is -0.460 e. The largest absolute Gasteiger partial charge is 0.460 e. The van der Waals surface area contributed by atoms with Gasteiger partial charge in [-0.05, 0) is 107 Å². The lowest BCUT2D eigenvalue weighted by atomic mass is 9.78. The first-order valence-corrected chi connectivity index (χ1v) is 24.2. The molecule has 4 rings (SSSR count). The molecule has 3 fully saturated rings. The van der Waals surface area contributed by atoms with Crippen molar-refractivity contribution in [3.63, 3.8) is 0 Å². The highest BCUT2D eigenvalue weighted by Crippen LogP contribution is 2.38. The molecule has 0 aromatic heterocycles. The van der Waals surface area contributed by atoms with Gasteiger partial charge in [-0.1, -0.05) is 71.9 Å². The van der Waals surface area contributed by atoms with Gasteiger partial charge in [0.15, 0.2) is 5.78 Å². The maximum absolute atomic E-state index is 14.4. The van der Waals surface area contributed by atoms with Crippen LogP contribution in [0.25, 0.3) is 0 Å². The monoisotopic (exact) mass is 916 g/mol. The zero-order valence-corrected chi connectivity index (χ0v) is 40.8. The minimum absolute atomic E-state index is 0.0400. The van der Waals surface area contributed by atoms with Crippen LogP contribution in [0, 0.1) is 41.4 Å². The number of aliphatic hydroxyl groups is 3. The normalized spacial score (nSPS) is 40.8. The molecular weight excluding hydrogens is 835 g/mol. The van der Waals surface area contributed by atoms with E-state index in [1.165, 1.54) is 12.0 Å². The van der Waals surface area contributed by atoms with Crippen LogP contribution in [-0.2, 0) is 47.7 Å². The van der Waals surface area contributed by atoms with E-state index in [4.69, 9.17) is 23.7 Å². The number of carbonyl (C=O) groups excluding carboxylic acids is 5. The highest BCUT2D eigenvalue weighted by Gasteiger charge is 2.53. The van der Waals surface area contributed by atoms with Gasteiger partial charge in [-0.15, -0.1) is 0 Å². The number of rotatable bonds is 6. The maximum atomic E-state index is 14.4. The Kier molecular flexibility index (Phi) is 21.2. The maximum Gasteiger partial charge on any atom is 0.329 e. The number of esters is 1. The highest BCUT2D eigenvalue weighted by atomic mass is 16.6. The van der Waals surface area contributed by atoms with E-state index in [0.29, 0.717) is 69.8 Å². The van der Waals surface area contributed by atoms with Crippen molar-refractivity contribution >= 4 is 29.2 Å². The first-order valence-electron chi connectivity index (χ1n) is 24.2. The molecule has 14 heteroatoms. The molecule has 3 heterocycles. The van der Waals surface area contributed by atoms with Crippen molar-refractivity contribution in [1.29, 1.82) is 0 Å². The van der Waals surface area contributed by atoms with Gasteiger partial charge in [-0.3, -0.25) is 19.2 Å². The zero-order valence-electron chi connectivity index (χ0n) is 40.8. The van der Waals surface area contributed by atoms with E-state index >= 15 is 0 Å². The summed E-state index contributed by atoms with van der Waals surface area (Å²) < 4.78 is 29.5. The summed E-state index contributed by atoms with van der Waals surface area (Å²) in [5, 5.41) is 33.9. The van der Waals surface area contributed by atoms with Crippen molar-refractivity contribution in [1.82, 2.24) is 4.90 Å². The van der Waals surface area contributed by atoms with Gasteiger partial charge in [0, 0.05) is 58.5 Å². The topological polar surface area (TPSA) is 195 Å². The summed E-state index contributed by atoms with van der Waals surface area (Å²) in [5.74, 6) is -7.79. The van der Waals surface area contributed by atoms with Crippen molar-refractivity contribution in [3.8, 4) is 0 Å². The summed E-state index contributed by atoms with van der Waals surface area (Å²) in [4.78, 5) is 71.8. The van der Waals surface area contributed by atoms with Gasteiger partial charge in [0.05, 0.1) is 24.4 Å². The van der Waals surface area contributed by atoms with Crippen LogP contribution in [-0.4, -0.2) is 132 Å². The number of ketones is 3. The zero-order chi connectivity index (χ0) is 48.2. The van der Waals surface area contributed by atoms with Crippen molar-refractivity contribution in [2.24, 2.45) is 41.4 Å². The fraction of sp³-hybridized carbons (Fsp3) is 0.784. The standard InChI is InChI=1S/C51H81NO13/c1-30-16-12-11-13-17-31(2)42(61-8)28-38-21-19-36(7)51(60,65-38)48(57)49(58)52-23-15-14-18-39(52)50(59)64-43(33(4)26-37-20-22-40(53)44(27-37)62-9)29-41(54)32(3)25-35(6)46(56)47(63-10)45(55)34(5)24-30/h11-13,16,25,30-34,36-40,42-44,46-47,53,56,60H,14-15,17-24,26-29H2,1-10H3/b13-11+,16-12+,35-25+/t30-,31?,32-,33-,34-,36-,37-,38+,39+,40-,42+,43+,44-,46-,47+,51-/m1/s1. The van der Waals surface area contributed by atoms with Gasteiger partial charge >= 0.3 is 5.97 Å². The molecule has 14 nitrogen and oxygen atoms in total. The molecular formula is C51H81NO13. The SMILES string of the molecule is CO[C@H]1C[C@@H]2CC[C@@H](C)[C@@](O)(O2)C(=O)C(=O)N2CCCC[C@H]2C(=O)O[C@H]([C@H](C)C[C@H]2CC[C@@H](O)[C@H](OC)C2)CC(=O)[C@H](C)/C=C(\C)[C@@H](O)[C@@H](OC)C(=O)[C@H](C)C[C@H](C)/C=C/C=C/CC1C. The van der Waals surface area contributed by atoms with E-state index in [1.54, 1.807) is 41.1 Å². The minimum atomic E-state index is -2.41. The third-order valence-corrected chi connectivity index (χ3v) is 14.8. The van der Waals surface area contributed by atoms with E-state index in [1.807, 2.05) is 45.1 Å². The molecule has 2 bridgehead atoms. The molecule has 0 aromatic rings. The number of Topliss-reactive ketones (excluding diaryl/α,β-unsaturated/α-hetero) is 3. The first-order chi connectivity index (χ1) is 30.7. The predicted molar refractivity (Wildman–Crippen MR) is 245 cm³/mol. The van der Waals surface area contributed by atoms with E-state index in [9.17, 15) is 39.3 Å². The molecule has 1 amide bonds. The number of hydrogen-bond acceptors (Lipinski definition) is 13. The number of cyclic esters (lactones) is 1. The summed E-state index contributed by atoms with van der Waals surface area (Å²) >= 11 is 0. The number of amides is 1. The average molecular weight is 916 g/mol. The second-order valence-corrected chi connectivity index (χ2v) is 20.0. The second kappa shape index (κ2) is 25.3. The van der Waals surface area contributed by atoms with Crippen LogP contribution in [0.15, 0.2) is 36.0 Å². The Labute approximate surface area is 387 Å². The van der Waals surface area contributed by atoms with Crippen LogP contribution in [0.3, 0.4) is 0 Å². The molecule has 1 aliphatic carbocycles. The summed E-state index contributed by atoms with van der Waals surface area (Å²) in [6, 6.07) is -1.13. The van der Waals surface area contributed by atoms with Gasteiger partial charge in [0.2, 0.25) is 5.79 Å². The summed E-state index contributed by atoms with van der Waals surface area (Å²) in [5.41, 5.74) is 0.392. The van der Waals surface area contributed by atoms with Gasteiger partial charge in [-0.2, -0.15) is 0 Å². The third-order valence-electron chi connectivity index (χ3n) is 14.8. The fourth-order valence-corrected chi connectivity index (χ4v) is 10.4. The Hall–Kier alpha value is -3.11. The Balaban J connectivity index is 1.69. The van der Waals surface area contributed by atoms with Crippen molar-refractivity contribution < 1.29 is 63.0 Å². The number of allylic oxidation sites excluding steroid dienone is 5. The summed E-state index contributed by atoms with van der Waals surface area (Å²) in [7, 11) is 4.57. The number of aliphatic hydroxyl groups excluding tert-OH is 2. The molecule has 1 unspecified atom stereocenters. The van der Waals surface area contributed by atoms with Crippen LogP contribution in [0.1, 0.15) is 132 Å². The average Bonchev–Trinajstić information content (AvgIpc) is 3.28. The number of hydrogen-bond donors (Lipinski definition) is 3. The van der Waals surface area contributed by atoms with Gasteiger partial charge < -0.3 is 43.9 Å². The summed E-state index contributed by atoms with van der Waals surface area (Å²) in [6.07, 6.45) is 10.6. The van der Waals surface area contributed by atoms with Crippen LogP contribution in [0.5, 0.6) is 0 Å². The van der Waals surface area contributed by atoms with Crippen molar-refractivity contribution in [2.75, 3.05) is 27.9 Å². The Bertz CT molecular complexity index is 1690. The van der Waals surface area contributed by atoms with Crippen LogP contribution < -0.4 is 0 Å². The lowest BCUT2D eigenvalue weighted by molar-refractivity contribution is -0.267. The summed E-state index contributed by atoms with van der Waals surface area (Å²) in [6.45, 7) is 12.9. The van der Waals surface area contributed by atoms with Crippen LogP contribution in [0.4, 0.5) is 0 Å². The molecule has 1 saturated carbocycles. The Morgan fingerprint density at radius 3 is 2.25 bits per heavy atom. The van der Waals surface area contributed by atoms with E-state index < -0.39 is 77.8 Å². The molecule has 3 aliphatic heterocycles. The Morgan fingerprint density at radius 1 is 0.862 bits per heavy atom. The van der Waals surface area contributed by atoms with Crippen LogP contribution in [0.2, 0.25) is 0 Å². The lowest BCUT2D eigenvalue weighted by Crippen LogP contribution is -2.61. The first kappa shape index (κ1) is 54.5. The number of ether oxygens (including phenoxy) is 5. The number of piperidine rings is 1. The predicted octanol–water partition coefficient (Wildman–Crippen LogP) is 6.26. The molecule has 0 spiro atoms.